The van der Waals surface area contributed by atoms with Crippen LogP contribution in [0.5, 0.6) is 0 Å². The maximum atomic E-state index is 13.7. The molecule has 1 saturated heterocycles. The maximum Gasteiger partial charge on any atom is 0.260 e. The molecule has 188 valence electrons. The summed E-state index contributed by atoms with van der Waals surface area (Å²) in [7, 11) is -0.587. The maximum absolute atomic E-state index is 13.7. The number of sulfonamides is 1. The molecule has 0 unspecified atom stereocenters. The lowest BCUT2D eigenvalue weighted by molar-refractivity contribution is 0.0376. The molecule has 10 heteroatoms. The zero-order chi connectivity index (χ0) is 25.2. The van der Waals surface area contributed by atoms with E-state index in [4.69, 9.17) is 9.72 Å². The Bertz CT molecular complexity index is 1300. The Morgan fingerprint density at radius 3 is 2.46 bits per heavy atom. The molecule has 4 rings (SSSR count). The van der Waals surface area contributed by atoms with E-state index in [2.05, 4.69) is 17.9 Å². The van der Waals surface area contributed by atoms with Crippen molar-refractivity contribution in [2.75, 3.05) is 58.4 Å². The van der Waals surface area contributed by atoms with Crippen LogP contribution in [-0.2, 0) is 14.8 Å². The van der Waals surface area contributed by atoms with Crippen molar-refractivity contribution in [1.29, 1.82) is 0 Å². The summed E-state index contributed by atoms with van der Waals surface area (Å²) in [6.07, 6.45) is 0.798. The number of aryl methyl sites for hydroxylation is 2. The molecule has 1 aliphatic rings. The van der Waals surface area contributed by atoms with Gasteiger partial charge in [-0.25, -0.2) is 17.7 Å². The summed E-state index contributed by atoms with van der Waals surface area (Å²) in [5, 5.41) is 0.658. The molecule has 35 heavy (non-hydrogen) atoms. The Kier molecular flexibility index (Phi) is 7.87. The fourth-order valence-corrected chi connectivity index (χ4v) is 6.12. The Hall–Kier alpha value is -2.37. The second-order valence-corrected chi connectivity index (χ2v) is 12.1. The normalized spacial score (nSPS) is 15.1. The first-order valence-electron chi connectivity index (χ1n) is 11.7. The van der Waals surface area contributed by atoms with E-state index in [0.717, 1.165) is 64.9 Å². The number of rotatable bonds is 8. The molecule has 0 bridgehead atoms. The fourth-order valence-electron chi connectivity index (χ4n) is 4.18. The van der Waals surface area contributed by atoms with E-state index in [9.17, 15) is 13.2 Å². The van der Waals surface area contributed by atoms with Crippen LogP contribution in [0.15, 0.2) is 41.3 Å². The van der Waals surface area contributed by atoms with E-state index in [0.29, 0.717) is 17.2 Å². The van der Waals surface area contributed by atoms with Gasteiger partial charge in [0.1, 0.15) is 0 Å². The molecule has 2 heterocycles. The lowest BCUT2D eigenvalue weighted by Gasteiger charge is -2.27. The molecule has 0 aliphatic carbocycles. The van der Waals surface area contributed by atoms with Crippen molar-refractivity contribution in [1.82, 2.24) is 14.2 Å². The molecule has 3 aromatic rings. The molecular formula is C25H32N4O4S2. The van der Waals surface area contributed by atoms with E-state index >= 15 is 0 Å². The summed E-state index contributed by atoms with van der Waals surface area (Å²) in [5.41, 5.74) is 3.60. The van der Waals surface area contributed by atoms with Gasteiger partial charge in [-0.1, -0.05) is 17.4 Å². The number of fused-ring (bicyclic) bond motifs is 1. The average Bonchev–Trinajstić information content (AvgIpc) is 3.26. The monoisotopic (exact) mass is 516 g/mol. The SMILES string of the molecule is Cc1cc(C)c2sc(N(CCCN3CCOCC3)C(=O)c3ccc(S(=O)(=O)N(C)C)cc3)nc2c1. The largest absolute Gasteiger partial charge is 0.379 e. The minimum atomic E-state index is -3.56. The first-order valence-corrected chi connectivity index (χ1v) is 13.9. The zero-order valence-corrected chi connectivity index (χ0v) is 22.3. The number of hydrogen-bond donors (Lipinski definition) is 0. The van der Waals surface area contributed by atoms with Crippen LogP contribution in [0.2, 0.25) is 0 Å². The van der Waals surface area contributed by atoms with Gasteiger partial charge in [-0.05, 0) is 61.7 Å². The van der Waals surface area contributed by atoms with Crippen LogP contribution in [-0.4, -0.2) is 82.0 Å². The number of carbonyl (C=O) groups is 1. The summed E-state index contributed by atoms with van der Waals surface area (Å²) >= 11 is 1.52. The third-order valence-corrected chi connectivity index (χ3v) is 9.18. The molecule has 0 N–H and O–H groups in total. The van der Waals surface area contributed by atoms with E-state index < -0.39 is 10.0 Å². The Morgan fingerprint density at radius 2 is 1.80 bits per heavy atom. The second kappa shape index (κ2) is 10.7. The molecule has 2 aromatic carbocycles. The van der Waals surface area contributed by atoms with E-state index in [-0.39, 0.29) is 10.8 Å². The Labute approximate surface area is 211 Å². The number of thiazole rings is 1. The minimum absolute atomic E-state index is 0.156. The third kappa shape index (κ3) is 5.73. The fraction of sp³-hybridized carbons (Fsp3) is 0.440. The van der Waals surface area contributed by atoms with Gasteiger partial charge in [-0.2, -0.15) is 0 Å². The lowest BCUT2D eigenvalue weighted by atomic mass is 10.1. The van der Waals surface area contributed by atoms with Gasteiger partial charge >= 0.3 is 0 Å². The average molecular weight is 517 g/mol. The predicted octanol–water partition coefficient (Wildman–Crippen LogP) is 3.53. The molecule has 1 aliphatic heterocycles. The summed E-state index contributed by atoms with van der Waals surface area (Å²) in [4.78, 5) is 22.7. The van der Waals surface area contributed by atoms with Crippen LogP contribution in [0.4, 0.5) is 5.13 Å². The van der Waals surface area contributed by atoms with Crippen molar-refractivity contribution < 1.29 is 17.9 Å². The summed E-state index contributed by atoms with van der Waals surface area (Å²) in [6.45, 7) is 8.77. The number of ether oxygens (including phenoxy) is 1. The molecule has 0 atom stereocenters. The van der Waals surface area contributed by atoms with Gasteiger partial charge < -0.3 is 4.74 Å². The number of carbonyl (C=O) groups excluding carboxylic acids is 1. The highest BCUT2D eigenvalue weighted by atomic mass is 32.2. The van der Waals surface area contributed by atoms with Crippen LogP contribution in [0.25, 0.3) is 10.2 Å². The highest BCUT2D eigenvalue weighted by Gasteiger charge is 2.24. The molecular weight excluding hydrogens is 484 g/mol. The van der Waals surface area contributed by atoms with Crippen LogP contribution in [0, 0.1) is 13.8 Å². The summed E-state index contributed by atoms with van der Waals surface area (Å²) in [6, 6.07) is 10.3. The van der Waals surface area contributed by atoms with E-state index in [1.165, 1.54) is 37.6 Å². The van der Waals surface area contributed by atoms with Gasteiger partial charge in [0.25, 0.3) is 5.91 Å². The predicted molar refractivity (Wildman–Crippen MR) is 140 cm³/mol. The first kappa shape index (κ1) is 25.7. The molecule has 1 fully saturated rings. The molecule has 8 nitrogen and oxygen atoms in total. The van der Waals surface area contributed by atoms with Gasteiger partial charge in [0, 0.05) is 45.8 Å². The Balaban J connectivity index is 1.61. The number of benzene rings is 2. The highest BCUT2D eigenvalue weighted by Crippen LogP contribution is 2.33. The van der Waals surface area contributed by atoms with E-state index in [1.807, 2.05) is 13.0 Å². The van der Waals surface area contributed by atoms with Crippen LogP contribution in [0.3, 0.4) is 0 Å². The number of morpholine rings is 1. The van der Waals surface area contributed by atoms with Crippen LogP contribution >= 0.6 is 11.3 Å². The lowest BCUT2D eigenvalue weighted by Crippen LogP contribution is -2.39. The molecule has 0 spiro atoms. The second-order valence-electron chi connectivity index (χ2n) is 9.00. The minimum Gasteiger partial charge on any atom is -0.379 e. The quantitative estimate of drug-likeness (QED) is 0.456. The van der Waals surface area contributed by atoms with Crippen LogP contribution in [0.1, 0.15) is 27.9 Å². The smallest absolute Gasteiger partial charge is 0.260 e. The summed E-state index contributed by atoms with van der Waals surface area (Å²) in [5.74, 6) is -0.186. The van der Waals surface area contributed by atoms with Crippen molar-refractivity contribution in [2.24, 2.45) is 0 Å². The first-order chi connectivity index (χ1) is 16.7. The third-order valence-electron chi connectivity index (χ3n) is 6.12. The molecule has 1 amide bonds. The highest BCUT2D eigenvalue weighted by molar-refractivity contribution is 7.89. The van der Waals surface area contributed by atoms with Crippen molar-refractivity contribution in [3.8, 4) is 0 Å². The number of anilines is 1. The number of amides is 1. The van der Waals surface area contributed by atoms with Gasteiger partial charge in [-0.3, -0.25) is 14.6 Å². The Morgan fingerprint density at radius 1 is 1.11 bits per heavy atom. The van der Waals surface area contributed by atoms with Crippen molar-refractivity contribution in [3.05, 3.63) is 53.1 Å². The summed E-state index contributed by atoms with van der Waals surface area (Å²) < 4.78 is 32.5. The number of hydrogen-bond acceptors (Lipinski definition) is 7. The van der Waals surface area contributed by atoms with Gasteiger partial charge in [-0.15, -0.1) is 0 Å². The zero-order valence-electron chi connectivity index (χ0n) is 20.7. The molecule has 1 aromatic heterocycles. The van der Waals surface area contributed by atoms with Crippen LogP contribution < -0.4 is 4.90 Å². The number of aromatic nitrogens is 1. The van der Waals surface area contributed by atoms with Gasteiger partial charge in [0.05, 0.1) is 28.3 Å². The molecule has 0 saturated carbocycles. The molecule has 0 radical (unpaired) electrons. The van der Waals surface area contributed by atoms with Gasteiger partial charge in [0.15, 0.2) is 5.13 Å². The standard InChI is InChI=1S/C25H32N4O4S2/c1-18-16-19(2)23-22(17-18)26-25(34-23)29(11-5-10-28-12-14-33-15-13-28)24(30)20-6-8-21(9-7-20)35(31,32)27(3)4/h6-9,16-17H,5,10-15H2,1-4H3. The van der Waals surface area contributed by atoms with Gasteiger partial charge in [0.2, 0.25) is 10.0 Å². The van der Waals surface area contributed by atoms with Crippen molar-refractivity contribution in [3.63, 3.8) is 0 Å². The topological polar surface area (TPSA) is 83.0 Å². The van der Waals surface area contributed by atoms with Crippen molar-refractivity contribution in [2.45, 2.75) is 25.2 Å². The van der Waals surface area contributed by atoms with E-state index in [1.54, 1.807) is 17.0 Å². The van der Waals surface area contributed by atoms with Crippen molar-refractivity contribution >= 4 is 42.6 Å². The number of nitrogens with zero attached hydrogens (tertiary/aromatic N) is 4.